The summed E-state index contributed by atoms with van der Waals surface area (Å²) in [5, 5.41) is 0. The molecule has 0 unspecified atom stereocenters. The first-order chi connectivity index (χ1) is 8.33. The molecule has 0 atom stereocenters. The van der Waals surface area contributed by atoms with E-state index in [1.54, 1.807) is 0 Å². The zero-order valence-corrected chi connectivity index (χ0v) is 12.7. The van der Waals surface area contributed by atoms with Crippen LogP contribution < -0.4 is 0 Å². The molecule has 0 heterocycles. The average Bonchev–Trinajstić information content (AvgIpc) is 2.27. The molecule has 0 saturated heterocycles. The number of carbonyl (C=O) groups is 1. The number of hydrogen-bond acceptors (Lipinski definition) is 3. The molecule has 3 nitrogen and oxygen atoms in total. The van der Waals surface area contributed by atoms with Crippen molar-refractivity contribution in [3.05, 3.63) is 0 Å². The monoisotopic (exact) mass is 255 g/mol. The van der Waals surface area contributed by atoms with Gasteiger partial charge in [-0.25, -0.2) is 0 Å². The van der Waals surface area contributed by atoms with Crippen LogP contribution in [0.3, 0.4) is 0 Å². The van der Waals surface area contributed by atoms with Crippen LogP contribution in [0.4, 0.5) is 0 Å². The molecule has 1 fully saturated rings. The molecule has 0 bridgehead atoms. The molecular formula is C15H29NO2. The second-order valence-corrected chi connectivity index (χ2v) is 6.73. The Hall–Kier alpha value is -0.570. The van der Waals surface area contributed by atoms with Gasteiger partial charge in [-0.1, -0.05) is 20.8 Å². The van der Waals surface area contributed by atoms with Crippen LogP contribution in [0.2, 0.25) is 0 Å². The summed E-state index contributed by atoms with van der Waals surface area (Å²) in [5.41, 5.74) is 0.340. The molecule has 0 aliphatic heterocycles. The van der Waals surface area contributed by atoms with Crippen LogP contribution in [0.15, 0.2) is 0 Å². The van der Waals surface area contributed by atoms with E-state index >= 15 is 0 Å². The molecule has 18 heavy (non-hydrogen) atoms. The molecular weight excluding hydrogens is 226 g/mol. The van der Waals surface area contributed by atoms with E-state index in [1.165, 1.54) is 0 Å². The molecule has 0 amide bonds. The predicted octanol–water partition coefficient (Wildman–Crippen LogP) is 3.09. The van der Waals surface area contributed by atoms with Crippen molar-refractivity contribution in [2.75, 3.05) is 20.2 Å². The summed E-state index contributed by atoms with van der Waals surface area (Å²) >= 11 is 0. The summed E-state index contributed by atoms with van der Waals surface area (Å²) in [7, 11) is 2.21. The van der Waals surface area contributed by atoms with Crippen LogP contribution in [0.1, 0.15) is 53.4 Å². The smallest absolute Gasteiger partial charge is 0.308 e. The third-order valence-corrected chi connectivity index (χ3v) is 3.66. The third kappa shape index (κ3) is 4.97. The predicted molar refractivity (Wildman–Crippen MR) is 74.5 cm³/mol. The van der Waals surface area contributed by atoms with E-state index in [2.05, 4.69) is 32.7 Å². The highest BCUT2D eigenvalue weighted by atomic mass is 16.5. The highest BCUT2D eigenvalue weighted by Crippen LogP contribution is 2.29. The Morgan fingerprint density at radius 3 is 2.22 bits per heavy atom. The lowest BCUT2D eigenvalue weighted by Gasteiger charge is -2.37. The van der Waals surface area contributed by atoms with Gasteiger partial charge in [0.1, 0.15) is 0 Å². The van der Waals surface area contributed by atoms with Gasteiger partial charge in [0, 0.05) is 12.6 Å². The van der Waals surface area contributed by atoms with E-state index in [0.29, 0.717) is 18.1 Å². The zero-order chi connectivity index (χ0) is 13.8. The fraction of sp³-hybridized carbons (Fsp3) is 0.933. The lowest BCUT2D eigenvalue weighted by Crippen LogP contribution is -2.40. The average molecular weight is 255 g/mol. The number of rotatable bonds is 4. The maximum Gasteiger partial charge on any atom is 0.308 e. The topological polar surface area (TPSA) is 29.5 Å². The molecule has 0 aromatic carbocycles. The second kappa shape index (κ2) is 6.55. The van der Waals surface area contributed by atoms with Gasteiger partial charge < -0.3 is 9.64 Å². The Kier molecular flexibility index (Phi) is 5.64. The van der Waals surface area contributed by atoms with E-state index in [-0.39, 0.29) is 11.9 Å². The summed E-state index contributed by atoms with van der Waals surface area (Å²) in [4.78, 5) is 14.1. The molecule has 1 aliphatic carbocycles. The zero-order valence-electron chi connectivity index (χ0n) is 12.7. The van der Waals surface area contributed by atoms with Gasteiger partial charge in [-0.15, -0.1) is 0 Å². The summed E-state index contributed by atoms with van der Waals surface area (Å²) in [5.74, 6) is 0.152. The van der Waals surface area contributed by atoms with Gasteiger partial charge in [-0.3, -0.25) is 4.79 Å². The van der Waals surface area contributed by atoms with Crippen molar-refractivity contribution in [2.45, 2.75) is 59.4 Å². The molecule has 0 aromatic heterocycles. The van der Waals surface area contributed by atoms with Crippen molar-refractivity contribution in [3.63, 3.8) is 0 Å². The minimum absolute atomic E-state index is 0.00873. The minimum Gasteiger partial charge on any atom is -0.466 e. The maximum absolute atomic E-state index is 11.7. The number of esters is 1. The number of hydrogen-bond donors (Lipinski definition) is 0. The first kappa shape index (κ1) is 15.5. The fourth-order valence-electron chi connectivity index (χ4n) is 2.89. The highest BCUT2D eigenvalue weighted by Gasteiger charge is 2.30. The van der Waals surface area contributed by atoms with Gasteiger partial charge in [0.2, 0.25) is 0 Å². The number of ether oxygens (including phenoxy) is 1. The Balaban J connectivity index is 2.37. The van der Waals surface area contributed by atoms with Crippen LogP contribution in [0, 0.1) is 11.3 Å². The van der Waals surface area contributed by atoms with Gasteiger partial charge in [0.15, 0.2) is 0 Å². The van der Waals surface area contributed by atoms with Crippen molar-refractivity contribution < 1.29 is 9.53 Å². The Morgan fingerprint density at radius 2 is 1.78 bits per heavy atom. The van der Waals surface area contributed by atoms with E-state index in [9.17, 15) is 4.79 Å². The Morgan fingerprint density at radius 1 is 1.22 bits per heavy atom. The minimum atomic E-state index is 0.00873. The van der Waals surface area contributed by atoms with Crippen molar-refractivity contribution >= 4 is 5.97 Å². The van der Waals surface area contributed by atoms with Gasteiger partial charge in [-0.2, -0.15) is 0 Å². The second-order valence-electron chi connectivity index (χ2n) is 6.73. The highest BCUT2D eigenvalue weighted by molar-refractivity contribution is 5.72. The molecule has 1 aliphatic rings. The van der Waals surface area contributed by atoms with Crippen LogP contribution in [-0.2, 0) is 9.53 Å². The molecule has 0 aromatic rings. The van der Waals surface area contributed by atoms with Crippen molar-refractivity contribution in [2.24, 2.45) is 11.3 Å². The van der Waals surface area contributed by atoms with Crippen molar-refractivity contribution in [3.8, 4) is 0 Å². The van der Waals surface area contributed by atoms with E-state index in [4.69, 9.17) is 4.74 Å². The van der Waals surface area contributed by atoms with Crippen molar-refractivity contribution in [1.82, 2.24) is 4.90 Å². The normalized spacial score (nSPS) is 25.2. The molecule has 3 heteroatoms. The largest absolute Gasteiger partial charge is 0.466 e. The van der Waals surface area contributed by atoms with E-state index in [1.807, 2.05) is 6.92 Å². The van der Waals surface area contributed by atoms with Crippen LogP contribution in [0.25, 0.3) is 0 Å². The lowest BCUT2D eigenvalue weighted by molar-refractivity contribution is -0.149. The number of nitrogens with zero attached hydrogens (tertiary/aromatic N) is 1. The summed E-state index contributed by atoms with van der Waals surface area (Å²) in [6.07, 6.45) is 4.21. The van der Waals surface area contributed by atoms with Crippen LogP contribution in [-0.4, -0.2) is 37.1 Å². The standard InChI is InChI=1S/C15H29NO2/c1-6-18-14(17)12-7-9-13(10-8-12)16(5)11-15(2,3)4/h12-13H,6-11H2,1-5H3. The quantitative estimate of drug-likeness (QED) is 0.723. The SMILES string of the molecule is CCOC(=O)C1CCC(N(C)CC(C)(C)C)CC1. The van der Waals surface area contributed by atoms with Gasteiger partial charge in [0.25, 0.3) is 0 Å². The fourth-order valence-corrected chi connectivity index (χ4v) is 2.89. The Labute approximate surface area is 112 Å². The van der Waals surface area contributed by atoms with E-state index in [0.717, 1.165) is 32.2 Å². The Bertz CT molecular complexity index is 262. The maximum atomic E-state index is 11.7. The summed E-state index contributed by atoms with van der Waals surface area (Å²) in [6.45, 7) is 10.3. The molecule has 0 radical (unpaired) electrons. The summed E-state index contributed by atoms with van der Waals surface area (Å²) < 4.78 is 5.11. The first-order valence-electron chi connectivity index (χ1n) is 7.20. The summed E-state index contributed by atoms with van der Waals surface area (Å²) in [6, 6.07) is 0.634. The van der Waals surface area contributed by atoms with Crippen molar-refractivity contribution in [1.29, 1.82) is 0 Å². The molecule has 0 N–H and O–H groups in total. The van der Waals surface area contributed by atoms with Crippen LogP contribution >= 0.6 is 0 Å². The van der Waals surface area contributed by atoms with Gasteiger partial charge >= 0.3 is 5.97 Å². The van der Waals surface area contributed by atoms with E-state index < -0.39 is 0 Å². The number of carbonyl (C=O) groups excluding carboxylic acids is 1. The molecule has 0 spiro atoms. The third-order valence-electron chi connectivity index (χ3n) is 3.66. The lowest BCUT2D eigenvalue weighted by atomic mass is 9.84. The molecule has 1 rings (SSSR count). The van der Waals surface area contributed by atoms with Gasteiger partial charge in [0.05, 0.1) is 12.5 Å². The van der Waals surface area contributed by atoms with Crippen LogP contribution in [0.5, 0.6) is 0 Å². The first-order valence-corrected chi connectivity index (χ1v) is 7.20. The molecule has 1 saturated carbocycles. The molecule has 106 valence electrons. The van der Waals surface area contributed by atoms with Gasteiger partial charge in [-0.05, 0) is 45.1 Å².